The number of hydrogen-bond donors (Lipinski definition) is 1. The van der Waals surface area contributed by atoms with Crippen molar-refractivity contribution in [2.75, 3.05) is 20.3 Å². The average Bonchev–Trinajstić information content (AvgIpc) is 2.14. The molecule has 46 valence electrons. The quantitative estimate of drug-likeness (QED) is 0.480. The molecule has 1 N–H and O–H groups in total. The Morgan fingerprint density at radius 2 is 2.62 bits per heavy atom. The molecule has 0 fully saturated rings. The van der Waals surface area contributed by atoms with E-state index in [1.807, 2.05) is 12.1 Å². The van der Waals surface area contributed by atoms with Gasteiger partial charge in [-0.3, -0.25) is 0 Å². The first-order valence-corrected chi connectivity index (χ1v) is 2.46. The predicted molar refractivity (Wildman–Crippen MR) is 30.0 cm³/mol. The van der Waals surface area contributed by atoms with Crippen molar-refractivity contribution in [3.63, 3.8) is 0 Å². The van der Waals surface area contributed by atoms with Crippen LogP contribution in [0.15, 0.2) is 5.10 Å². The Bertz CT molecular complexity index is 103. The maximum atomic E-state index is 8.51. The van der Waals surface area contributed by atoms with Gasteiger partial charge in [-0.25, -0.2) is 10.1 Å². The molecular weight excluding hydrogens is 106 g/mol. The molecule has 8 heavy (non-hydrogen) atoms. The van der Waals surface area contributed by atoms with Gasteiger partial charge in [-0.1, -0.05) is 0 Å². The van der Waals surface area contributed by atoms with Crippen molar-refractivity contribution in [1.82, 2.24) is 10.1 Å². The second-order valence-electron chi connectivity index (χ2n) is 1.65. The van der Waals surface area contributed by atoms with E-state index in [1.165, 1.54) is 5.12 Å². The van der Waals surface area contributed by atoms with Crippen LogP contribution in [0.3, 0.4) is 0 Å². The van der Waals surface area contributed by atoms with Gasteiger partial charge in [0.15, 0.2) is 0 Å². The van der Waals surface area contributed by atoms with E-state index in [0.29, 0.717) is 0 Å². The van der Waals surface area contributed by atoms with Crippen LogP contribution < -0.4 is 0 Å². The van der Waals surface area contributed by atoms with Crippen molar-refractivity contribution in [3.05, 3.63) is 0 Å². The third kappa shape index (κ3) is 0.801. The highest BCUT2D eigenvalue weighted by atomic mass is 16.3. The van der Waals surface area contributed by atoms with Crippen molar-refractivity contribution in [1.29, 1.82) is 0 Å². The van der Waals surface area contributed by atoms with Crippen LogP contribution in [0, 0.1) is 0 Å². The highest BCUT2D eigenvalue weighted by Gasteiger charge is 2.09. The SMILES string of the molecule is CN1CC=NN1CO. The minimum atomic E-state index is -0.0347. The summed E-state index contributed by atoms with van der Waals surface area (Å²) in [5.74, 6) is 0. The molecule has 1 aliphatic rings. The highest BCUT2D eigenvalue weighted by molar-refractivity contribution is 5.60. The van der Waals surface area contributed by atoms with Crippen LogP contribution in [0.2, 0.25) is 0 Å². The second-order valence-corrected chi connectivity index (χ2v) is 1.65. The Balaban J connectivity index is 2.41. The standard InChI is InChI=1S/C4H9N3O/c1-6-3-2-5-7(6)4-8/h2,8H,3-4H2,1H3. The Morgan fingerprint density at radius 3 is 2.88 bits per heavy atom. The summed E-state index contributed by atoms with van der Waals surface area (Å²) in [6.07, 6.45) is 1.75. The Morgan fingerprint density at radius 1 is 1.88 bits per heavy atom. The van der Waals surface area contributed by atoms with Crippen LogP contribution in [-0.2, 0) is 0 Å². The van der Waals surface area contributed by atoms with E-state index in [9.17, 15) is 0 Å². The second kappa shape index (κ2) is 2.11. The number of aliphatic hydroxyl groups excluding tert-OH is 1. The van der Waals surface area contributed by atoms with E-state index in [-0.39, 0.29) is 6.73 Å². The van der Waals surface area contributed by atoms with Crippen LogP contribution in [0.5, 0.6) is 0 Å². The van der Waals surface area contributed by atoms with Gasteiger partial charge in [-0.05, 0) is 0 Å². The van der Waals surface area contributed by atoms with Gasteiger partial charge in [-0.2, -0.15) is 5.10 Å². The van der Waals surface area contributed by atoms with Gasteiger partial charge in [0.1, 0.15) is 6.73 Å². The van der Waals surface area contributed by atoms with Crippen LogP contribution in [0.1, 0.15) is 0 Å². The number of aliphatic hydroxyl groups is 1. The van der Waals surface area contributed by atoms with Gasteiger partial charge in [0.25, 0.3) is 0 Å². The zero-order chi connectivity index (χ0) is 5.98. The summed E-state index contributed by atoms with van der Waals surface area (Å²) in [4.78, 5) is 0. The molecule has 0 saturated carbocycles. The van der Waals surface area contributed by atoms with Crippen molar-refractivity contribution >= 4 is 6.21 Å². The molecule has 0 amide bonds. The number of hydrazine groups is 1. The molecule has 0 radical (unpaired) electrons. The van der Waals surface area contributed by atoms with Crippen LogP contribution >= 0.6 is 0 Å². The molecule has 0 saturated heterocycles. The van der Waals surface area contributed by atoms with Crippen LogP contribution in [-0.4, -0.2) is 41.8 Å². The first kappa shape index (κ1) is 5.53. The fraction of sp³-hybridized carbons (Fsp3) is 0.750. The molecule has 1 aliphatic heterocycles. The molecule has 4 nitrogen and oxygen atoms in total. The Labute approximate surface area is 48.0 Å². The molecule has 0 atom stereocenters. The molecule has 0 spiro atoms. The monoisotopic (exact) mass is 115 g/mol. The number of hydrogen-bond acceptors (Lipinski definition) is 4. The normalized spacial score (nSPS) is 20.5. The molecule has 0 unspecified atom stereocenters. The summed E-state index contributed by atoms with van der Waals surface area (Å²) in [5.41, 5.74) is 0. The number of nitrogens with zero attached hydrogens (tertiary/aromatic N) is 3. The van der Waals surface area contributed by atoms with Crippen molar-refractivity contribution in [2.24, 2.45) is 5.10 Å². The fourth-order valence-corrected chi connectivity index (χ4v) is 0.576. The molecule has 0 aliphatic carbocycles. The van der Waals surface area contributed by atoms with E-state index in [2.05, 4.69) is 5.10 Å². The number of rotatable bonds is 1. The van der Waals surface area contributed by atoms with Gasteiger partial charge in [-0.15, -0.1) is 0 Å². The molecule has 0 bridgehead atoms. The average molecular weight is 115 g/mol. The summed E-state index contributed by atoms with van der Waals surface area (Å²) in [6, 6.07) is 0. The summed E-state index contributed by atoms with van der Waals surface area (Å²) >= 11 is 0. The lowest BCUT2D eigenvalue weighted by Gasteiger charge is -2.18. The lowest BCUT2D eigenvalue weighted by Crippen LogP contribution is -2.31. The lowest BCUT2D eigenvalue weighted by atomic mass is 10.7. The van der Waals surface area contributed by atoms with Crippen molar-refractivity contribution in [3.8, 4) is 0 Å². The Hall–Kier alpha value is -0.610. The van der Waals surface area contributed by atoms with Gasteiger partial charge in [0.2, 0.25) is 0 Å². The first-order chi connectivity index (χ1) is 3.84. The molecule has 0 aromatic carbocycles. The fourth-order valence-electron chi connectivity index (χ4n) is 0.576. The highest BCUT2D eigenvalue weighted by Crippen LogP contribution is 1.97. The Kier molecular flexibility index (Phi) is 1.45. The van der Waals surface area contributed by atoms with Gasteiger partial charge in [0, 0.05) is 13.3 Å². The van der Waals surface area contributed by atoms with Crippen LogP contribution in [0.4, 0.5) is 0 Å². The molecular formula is C4H9N3O. The van der Waals surface area contributed by atoms with Crippen LogP contribution in [0.25, 0.3) is 0 Å². The largest absolute Gasteiger partial charge is 0.373 e. The minimum absolute atomic E-state index is 0.0347. The van der Waals surface area contributed by atoms with Crippen molar-refractivity contribution in [2.45, 2.75) is 0 Å². The molecule has 1 heterocycles. The maximum Gasteiger partial charge on any atom is 0.148 e. The molecule has 1 rings (SSSR count). The van der Waals surface area contributed by atoms with Gasteiger partial charge >= 0.3 is 0 Å². The summed E-state index contributed by atoms with van der Waals surface area (Å²) < 4.78 is 0. The van der Waals surface area contributed by atoms with Gasteiger partial charge < -0.3 is 5.11 Å². The maximum absolute atomic E-state index is 8.51. The van der Waals surface area contributed by atoms with E-state index in [4.69, 9.17) is 5.11 Å². The zero-order valence-electron chi connectivity index (χ0n) is 4.78. The molecule has 0 aromatic heterocycles. The summed E-state index contributed by atoms with van der Waals surface area (Å²) in [7, 11) is 1.86. The molecule has 0 aromatic rings. The topological polar surface area (TPSA) is 39.1 Å². The van der Waals surface area contributed by atoms with Crippen molar-refractivity contribution < 1.29 is 5.11 Å². The first-order valence-electron chi connectivity index (χ1n) is 2.46. The summed E-state index contributed by atoms with van der Waals surface area (Å²) in [5, 5.41) is 15.6. The third-order valence-electron chi connectivity index (χ3n) is 1.08. The third-order valence-corrected chi connectivity index (χ3v) is 1.08. The zero-order valence-corrected chi connectivity index (χ0v) is 4.78. The smallest absolute Gasteiger partial charge is 0.148 e. The lowest BCUT2D eigenvalue weighted by molar-refractivity contribution is -0.0382. The van der Waals surface area contributed by atoms with E-state index in [0.717, 1.165) is 6.54 Å². The molecule has 4 heteroatoms. The van der Waals surface area contributed by atoms with Gasteiger partial charge in [0.05, 0.1) is 6.54 Å². The predicted octanol–water partition coefficient (Wildman–Crippen LogP) is -0.916. The minimum Gasteiger partial charge on any atom is -0.373 e. The van der Waals surface area contributed by atoms with E-state index < -0.39 is 0 Å². The summed E-state index contributed by atoms with van der Waals surface area (Å²) in [6.45, 7) is 0.757. The number of hydrazone groups is 1. The van der Waals surface area contributed by atoms with E-state index in [1.54, 1.807) is 6.21 Å². The van der Waals surface area contributed by atoms with E-state index >= 15 is 0 Å².